The van der Waals surface area contributed by atoms with Crippen molar-refractivity contribution in [1.82, 2.24) is 0 Å². The lowest BCUT2D eigenvalue weighted by Crippen LogP contribution is -2.30. The van der Waals surface area contributed by atoms with Crippen molar-refractivity contribution in [1.29, 1.82) is 0 Å². The van der Waals surface area contributed by atoms with Crippen LogP contribution in [0.4, 0.5) is 11.4 Å². The lowest BCUT2D eigenvalue weighted by atomic mass is 9.95. The van der Waals surface area contributed by atoms with E-state index in [1.165, 1.54) is 0 Å². The smallest absolute Gasteiger partial charge is 0.265 e. The van der Waals surface area contributed by atoms with Gasteiger partial charge in [0.1, 0.15) is 5.75 Å². The summed E-state index contributed by atoms with van der Waals surface area (Å²) in [6, 6.07) is 11.7. The van der Waals surface area contributed by atoms with Crippen LogP contribution in [0.1, 0.15) is 27.7 Å². The van der Waals surface area contributed by atoms with Gasteiger partial charge in [0, 0.05) is 21.8 Å². The van der Waals surface area contributed by atoms with Gasteiger partial charge in [-0.05, 0) is 43.3 Å². The molecule has 2 rings (SSSR count). The molecule has 0 aliphatic carbocycles. The van der Waals surface area contributed by atoms with Crippen LogP contribution in [0.25, 0.3) is 0 Å². The summed E-state index contributed by atoms with van der Waals surface area (Å²) in [5.74, 6) is -0.0877. The fraction of sp³-hybridized carbons (Fsp3) is 0.300. The standard InChI is InChI=1S/C20H22Cl2N2O3/c1-12(27-17-9-8-13(21)10-16(17)22)18(25)23-14-6-5-7-15(11-14)24-19(26)20(2,3)4/h5-12H,1-4H3,(H,23,25)(H,24,26). The first kappa shape index (κ1) is 21.1. The minimum atomic E-state index is -0.781. The van der Waals surface area contributed by atoms with Gasteiger partial charge in [-0.15, -0.1) is 0 Å². The Morgan fingerprint density at radius 1 is 1.00 bits per heavy atom. The second-order valence-electron chi connectivity index (χ2n) is 7.11. The molecule has 2 aromatic rings. The molecule has 1 unspecified atom stereocenters. The molecular formula is C20H22Cl2N2O3. The average Bonchev–Trinajstić information content (AvgIpc) is 2.56. The predicted molar refractivity (Wildman–Crippen MR) is 110 cm³/mol. The van der Waals surface area contributed by atoms with Crippen LogP contribution in [0.15, 0.2) is 42.5 Å². The maximum atomic E-state index is 12.4. The molecule has 144 valence electrons. The molecule has 0 aliphatic rings. The van der Waals surface area contributed by atoms with Crippen molar-refractivity contribution in [3.63, 3.8) is 0 Å². The Bertz CT molecular complexity index is 847. The van der Waals surface area contributed by atoms with Crippen molar-refractivity contribution < 1.29 is 14.3 Å². The maximum absolute atomic E-state index is 12.4. The molecular weight excluding hydrogens is 387 g/mol. The van der Waals surface area contributed by atoms with E-state index in [-0.39, 0.29) is 11.8 Å². The van der Waals surface area contributed by atoms with E-state index < -0.39 is 11.5 Å². The van der Waals surface area contributed by atoms with E-state index in [0.717, 1.165) is 0 Å². The summed E-state index contributed by atoms with van der Waals surface area (Å²) in [6.45, 7) is 7.10. The van der Waals surface area contributed by atoms with Gasteiger partial charge in [-0.1, -0.05) is 50.0 Å². The summed E-state index contributed by atoms with van der Waals surface area (Å²) in [4.78, 5) is 24.5. The molecule has 0 heterocycles. The molecule has 5 nitrogen and oxygen atoms in total. The van der Waals surface area contributed by atoms with E-state index in [1.54, 1.807) is 49.4 Å². The van der Waals surface area contributed by atoms with E-state index in [4.69, 9.17) is 27.9 Å². The molecule has 2 aromatic carbocycles. The molecule has 7 heteroatoms. The Morgan fingerprint density at radius 3 is 2.22 bits per heavy atom. The van der Waals surface area contributed by atoms with Crippen molar-refractivity contribution in [2.75, 3.05) is 10.6 Å². The topological polar surface area (TPSA) is 67.4 Å². The van der Waals surface area contributed by atoms with Gasteiger partial charge in [-0.25, -0.2) is 0 Å². The first-order valence-corrected chi connectivity index (χ1v) is 9.16. The van der Waals surface area contributed by atoms with E-state index in [2.05, 4.69) is 10.6 Å². The Kier molecular flexibility index (Phi) is 6.73. The van der Waals surface area contributed by atoms with Gasteiger partial charge in [0.15, 0.2) is 6.10 Å². The average molecular weight is 409 g/mol. The quantitative estimate of drug-likeness (QED) is 0.697. The van der Waals surface area contributed by atoms with Crippen LogP contribution in [-0.2, 0) is 9.59 Å². The Morgan fingerprint density at radius 2 is 1.63 bits per heavy atom. The highest BCUT2D eigenvalue weighted by molar-refractivity contribution is 6.35. The summed E-state index contributed by atoms with van der Waals surface area (Å²) >= 11 is 11.9. The second kappa shape index (κ2) is 8.63. The molecule has 0 saturated heterocycles. The minimum absolute atomic E-state index is 0.111. The monoisotopic (exact) mass is 408 g/mol. The molecule has 0 bridgehead atoms. The molecule has 0 fully saturated rings. The Hall–Kier alpha value is -2.24. The zero-order valence-electron chi connectivity index (χ0n) is 15.6. The van der Waals surface area contributed by atoms with Crippen molar-refractivity contribution in [2.45, 2.75) is 33.8 Å². The van der Waals surface area contributed by atoms with Gasteiger partial charge < -0.3 is 15.4 Å². The van der Waals surface area contributed by atoms with Gasteiger partial charge >= 0.3 is 0 Å². The molecule has 0 saturated carbocycles. The fourth-order valence-electron chi connectivity index (χ4n) is 2.05. The van der Waals surface area contributed by atoms with Crippen LogP contribution in [0, 0.1) is 5.41 Å². The summed E-state index contributed by atoms with van der Waals surface area (Å²) in [5, 5.41) is 6.40. The zero-order chi connectivity index (χ0) is 20.2. The maximum Gasteiger partial charge on any atom is 0.265 e. The van der Waals surface area contributed by atoms with Gasteiger partial charge in [-0.2, -0.15) is 0 Å². The van der Waals surface area contributed by atoms with E-state index >= 15 is 0 Å². The zero-order valence-corrected chi connectivity index (χ0v) is 17.1. The van der Waals surface area contributed by atoms with E-state index in [1.807, 2.05) is 20.8 Å². The second-order valence-corrected chi connectivity index (χ2v) is 7.95. The number of amides is 2. The molecule has 2 N–H and O–H groups in total. The largest absolute Gasteiger partial charge is 0.479 e. The Labute approximate surface area is 169 Å². The highest BCUT2D eigenvalue weighted by atomic mass is 35.5. The van der Waals surface area contributed by atoms with E-state index in [9.17, 15) is 9.59 Å². The third kappa shape index (κ3) is 6.15. The molecule has 0 radical (unpaired) electrons. The number of anilines is 2. The first-order valence-electron chi connectivity index (χ1n) is 8.40. The number of carbonyl (C=O) groups excluding carboxylic acids is 2. The highest BCUT2D eigenvalue weighted by Gasteiger charge is 2.21. The van der Waals surface area contributed by atoms with Gasteiger partial charge in [0.2, 0.25) is 5.91 Å². The number of benzene rings is 2. The number of nitrogens with one attached hydrogen (secondary N) is 2. The fourth-order valence-corrected chi connectivity index (χ4v) is 2.50. The molecule has 1 atom stereocenters. The first-order chi connectivity index (χ1) is 12.6. The molecule has 0 aliphatic heterocycles. The lowest BCUT2D eigenvalue weighted by Gasteiger charge is -2.18. The van der Waals surface area contributed by atoms with Crippen molar-refractivity contribution in [3.8, 4) is 5.75 Å². The highest BCUT2D eigenvalue weighted by Crippen LogP contribution is 2.28. The van der Waals surface area contributed by atoms with Crippen LogP contribution >= 0.6 is 23.2 Å². The van der Waals surface area contributed by atoms with Crippen molar-refractivity contribution >= 4 is 46.4 Å². The van der Waals surface area contributed by atoms with Crippen LogP contribution in [-0.4, -0.2) is 17.9 Å². The predicted octanol–water partition coefficient (Wildman–Crippen LogP) is 5.38. The minimum Gasteiger partial charge on any atom is -0.479 e. The molecule has 27 heavy (non-hydrogen) atoms. The summed E-state index contributed by atoms with van der Waals surface area (Å²) in [7, 11) is 0. The number of halogens is 2. The summed E-state index contributed by atoms with van der Waals surface area (Å²) < 4.78 is 5.60. The Balaban J connectivity index is 2.02. The lowest BCUT2D eigenvalue weighted by molar-refractivity contribution is -0.123. The van der Waals surface area contributed by atoms with Crippen molar-refractivity contribution in [3.05, 3.63) is 52.5 Å². The summed E-state index contributed by atoms with van der Waals surface area (Å²) in [5.41, 5.74) is 0.630. The summed E-state index contributed by atoms with van der Waals surface area (Å²) in [6.07, 6.45) is -0.781. The van der Waals surface area contributed by atoms with Crippen LogP contribution in [0.2, 0.25) is 10.0 Å². The van der Waals surface area contributed by atoms with E-state index in [0.29, 0.717) is 27.2 Å². The normalized spacial score (nSPS) is 12.2. The van der Waals surface area contributed by atoms with Gasteiger partial charge in [0.25, 0.3) is 5.91 Å². The van der Waals surface area contributed by atoms with Crippen LogP contribution in [0.5, 0.6) is 5.75 Å². The number of ether oxygens (including phenoxy) is 1. The van der Waals surface area contributed by atoms with Crippen LogP contribution in [0.3, 0.4) is 0 Å². The number of hydrogen-bond donors (Lipinski definition) is 2. The number of hydrogen-bond acceptors (Lipinski definition) is 3. The van der Waals surface area contributed by atoms with Crippen LogP contribution < -0.4 is 15.4 Å². The van der Waals surface area contributed by atoms with Crippen molar-refractivity contribution in [2.24, 2.45) is 5.41 Å². The third-order valence-corrected chi connectivity index (χ3v) is 4.17. The molecule has 0 spiro atoms. The van der Waals surface area contributed by atoms with Gasteiger partial charge in [0.05, 0.1) is 5.02 Å². The number of rotatable bonds is 5. The number of carbonyl (C=O) groups is 2. The van der Waals surface area contributed by atoms with Gasteiger partial charge in [-0.3, -0.25) is 9.59 Å². The SMILES string of the molecule is CC(Oc1ccc(Cl)cc1Cl)C(=O)Nc1cccc(NC(=O)C(C)(C)C)c1. The third-order valence-electron chi connectivity index (χ3n) is 3.64. The molecule has 0 aromatic heterocycles. The molecule has 2 amide bonds.